The smallest absolute Gasteiger partial charge is 0.228 e. The van der Waals surface area contributed by atoms with Crippen molar-refractivity contribution in [3.8, 4) is 11.3 Å². The van der Waals surface area contributed by atoms with Crippen molar-refractivity contribution in [1.29, 1.82) is 0 Å². The fraction of sp³-hybridized carbons (Fsp3) is 0.450. The zero-order valence-electron chi connectivity index (χ0n) is 15.4. The van der Waals surface area contributed by atoms with Crippen LogP contribution in [-0.2, 0) is 4.79 Å². The van der Waals surface area contributed by atoms with Crippen LogP contribution in [0.15, 0.2) is 36.7 Å². The molecule has 6 nitrogen and oxygen atoms in total. The maximum absolute atomic E-state index is 13.3. The summed E-state index contributed by atoms with van der Waals surface area (Å²) in [6.45, 7) is 4.12. The largest absolute Gasteiger partial charge is 0.342 e. The monoisotopic (exact) mass is 369 g/mol. The molecule has 1 aromatic carbocycles. The standard InChI is InChI=1S/C20H24FN5O/c1-13-17(11-24-25-13)20(27)26-10-2-3-15(12-26)19-18(22-8-9-23-19)14-4-6-16(21)7-5-14/h4-9,13,15,17,24-25H,2-3,10-12H2,1H3. The lowest BCUT2D eigenvalue weighted by atomic mass is 9.90. The van der Waals surface area contributed by atoms with Crippen LogP contribution in [0.4, 0.5) is 4.39 Å². The molecule has 142 valence electrons. The maximum Gasteiger partial charge on any atom is 0.228 e. The van der Waals surface area contributed by atoms with Gasteiger partial charge in [0.2, 0.25) is 5.91 Å². The van der Waals surface area contributed by atoms with Crippen LogP contribution in [-0.4, -0.2) is 46.5 Å². The number of amides is 1. The second-order valence-electron chi connectivity index (χ2n) is 7.34. The summed E-state index contributed by atoms with van der Waals surface area (Å²) in [6, 6.07) is 6.46. The van der Waals surface area contributed by atoms with Gasteiger partial charge in [-0.25, -0.2) is 4.39 Å². The number of piperidine rings is 1. The van der Waals surface area contributed by atoms with E-state index in [4.69, 9.17) is 0 Å². The summed E-state index contributed by atoms with van der Waals surface area (Å²) in [4.78, 5) is 24.0. The first-order valence-electron chi connectivity index (χ1n) is 9.47. The minimum absolute atomic E-state index is 0.0397. The van der Waals surface area contributed by atoms with Gasteiger partial charge in [0.05, 0.1) is 17.3 Å². The zero-order valence-corrected chi connectivity index (χ0v) is 15.4. The average molecular weight is 369 g/mol. The van der Waals surface area contributed by atoms with E-state index in [1.165, 1.54) is 12.1 Å². The molecule has 3 unspecified atom stereocenters. The highest BCUT2D eigenvalue weighted by molar-refractivity contribution is 5.80. The summed E-state index contributed by atoms with van der Waals surface area (Å²) in [5.74, 6) is 0.0136. The van der Waals surface area contributed by atoms with Gasteiger partial charge in [-0.15, -0.1) is 0 Å². The molecule has 2 aromatic rings. The number of halogens is 1. The number of nitrogens with one attached hydrogen (secondary N) is 2. The van der Waals surface area contributed by atoms with Crippen molar-refractivity contribution in [2.24, 2.45) is 5.92 Å². The predicted octanol–water partition coefficient (Wildman–Crippen LogP) is 2.10. The van der Waals surface area contributed by atoms with Crippen molar-refractivity contribution >= 4 is 5.91 Å². The molecule has 0 aliphatic carbocycles. The molecule has 2 N–H and O–H groups in total. The Hall–Kier alpha value is -2.38. The van der Waals surface area contributed by atoms with Gasteiger partial charge in [-0.1, -0.05) is 0 Å². The molecule has 2 saturated heterocycles. The number of likely N-dealkylation sites (tertiary alicyclic amines) is 1. The van der Waals surface area contributed by atoms with Crippen LogP contribution in [0.3, 0.4) is 0 Å². The lowest BCUT2D eigenvalue weighted by Gasteiger charge is -2.35. The molecule has 3 heterocycles. The molecule has 3 atom stereocenters. The minimum atomic E-state index is -0.272. The fourth-order valence-electron chi connectivity index (χ4n) is 4.02. The molecule has 0 saturated carbocycles. The topological polar surface area (TPSA) is 70.2 Å². The van der Waals surface area contributed by atoms with Crippen molar-refractivity contribution in [1.82, 2.24) is 25.7 Å². The van der Waals surface area contributed by atoms with Gasteiger partial charge >= 0.3 is 0 Å². The third kappa shape index (κ3) is 3.70. The van der Waals surface area contributed by atoms with E-state index in [1.54, 1.807) is 24.5 Å². The number of hydrazine groups is 1. The summed E-state index contributed by atoms with van der Waals surface area (Å²) in [5.41, 5.74) is 8.69. The molecule has 0 spiro atoms. The Kier molecular flexibility index (Phi) is 5.13. The van der Waals surface area contributed by atoms with E-state index < -0.39 is 0 Å². The van der Waals surface area contributed by atoms with Gasteiger partial charge in [0.1, 0.15) is 5.82 Å². The molecule has 2 aliphatic rings. The van der Waals surface area contributed by atoms with Gasteiger partial charge in [0.15, 0.2) is 0 Å². The molecule has 7 heteroatoms. The number of rotatable bonds is 3. The van der Waals surface area contributed by atoms with Gasteiger partial charge in [-0.2, -0.15) is 0 Å². The molecular formula is C20H24FN5O. The van der Waals surface area contributed by atoms with Crippen LogP contribution < -0.4 is 10.9 Å². The van der Waals surface area contributed by atoms with Crippen LogP contribution >= 0.6 is 0 Å². The first-order chi connectivity index (χ1) is 13.1. The number of nitrogens with zero attached hydrogens (tertiary/aromatic N) is 3. The van der Waals surface area contributed by atoms with E-state index in [0.29, 0.717) is 13.1 Å². The quantitative estimate of drug-likeness (QED) is 0.867. The first kappa shape index (κ1) is 18.0. The Morgan fingerprint density at radius 2 is 2.00 bits per heavy atom. The normalized spacial score (nSPS) is 25.6. The van der Waals surface area contributed by atoms with E-state index in [1.807, 2.05) is 11.8 Å². The molecule has 1 amide bonds. The predicted molar refractivity (Wildman–Crippen MR) is 100 cm³/mol. The summed E-state index contributed by atoms with van der Waals surface area (Å²) in [5, 5.41) is 0. The lowest BCUT2D eigenvalue weighted by Crippen LogP contribution is -2.45. The Morgan fingerprint density at radius 3 is 2.74 bits per heavy atom. The van der Waals surface area contributed by atoms with E-state index in [-0.39, 0.29) is 29.6 Å². The van der Waals surface area contributed by atoms with Crippen molar-refractivity contribution in [2.45, 2.75) is 31.7 Å². The Morgan fingerprint density at radius 1 is 1.22 bits per heavy atom. The van der Waals surface area contributed by atoms with Gasteiger partial charge in [0.25, 0.3) is 0 Å². The Balaban J connectivity index is 1.57. The molecule has 2 fully saturated rings. The Labute approximate surface area is 158 Å². The molecule has 27 heavy (non-hydrogen) atoms. The van der Waals surface area contributed by atoms with Gasteiger partial charge in [-0.3, -0.25) is 25.6 Å². The third-order valence-corrected chi connectivity index (χ3v) is 5.54. The number of carbonyl (C=O) groups is 1. The third-order valence-electron chi connectivity index (χ3n) is 5.54. The maximum atomic E-state index is 13.3. The summed E-state index contributed by atoms with van der Waals surface area (Å²) in [7, 11) is 0. The summed E-state index contributed by atoms with van der Waals surface area (Å²) >= 11 is 0. The van der Waals surface area contributed by atoms with Crippen molar-refractivity contribution in [3.63, 3.8) is 0 Å². The van der Waals surface area contributed by atoms with Crippen LogP contribution in [0.25, 0.3) is 11.3 Å². The highest BCUT2D eigenvalue weighted by Gasteiger charge is 2.35. The van der Waals surface area contributed by atoms with Crippen molar-refractivity contribution < 1.29 is 9.18 Å². The molecular weight excluding hydrogens is 345 g/mol. The van der Waals surface area contributed by atoms with Gasteiger partial charge in [0, 0.05) is 49.6 Å². The average Bonchev–Trinajstić information content (AvgIpc) is 3.14. The van der Waals surface area contributed by atoms with Crippen LogP contribution in [0.5, 0.6) is 0 Å². The number of benzene rings is 1. The molecule has 2 aliphatic heterocycles. The van der Waals surface area contributed by atoms with Gasteiger partial charge < -0.3 is 4.90 Å². The van der Waals surface area contributed by atoms with E-state index in [2.05, 4.69) is 20.8 Å². The minimum Gasteiger partial charge on any atom is -0.342 e. The van der Waals surface area contributed by atoms with E-state index in [0.717, 1.165) is 36.3 Å². The van der Waals surface area contributed by atoms with Crippen LogP contribution in [0.2, 0.25) is 0 Å². The lowest BCUT2D eigenvalue weighted by molar-refractivity contribution is -0.136. The number of carbonyl (C=O) groups excluding carboxylic acids is 1. The van der Waals surface area contributed by atoms with E-state index >= 15 is 0 Å². The summed E-state index contributed by atoms with van der Waals surface area (Å²) in [6.07, 6.45) is 5.26. The highest BCUT2D eigenvalue weighted by atomic mass is 19.1. The number of hydrogen-bond donors (Lipinski definition) is 2. The molecule has 4 rings (SSSR count). The number of hydrogen-bond acceptors (Lipinski definition) is 5. The molecule has 1 aromatic heterocycles. The Bertz CT molecular complexity index is 812. The number of aromatic nitrogens is 2. The van der Waals surface area contributed by atoms with Gasteiger partial charge in [-0.05, 0) is 44.0 Å². The van der Waals surface area contributed by atoms with Crippen molar-refractivity contribution in [3.05, 3.63) is 48.2 Å². The molecule has 0 bridgehead atoms. The second-order valence-corrected chi connectivity index (χ2v) is 7.34. The van der Waals surface area contributed by atoms with Crippen LogP contribution in [0, 0.1) is 11.7 Å². The molecule has 0 radical (unpaired) electrons. The second kappa shape index (κ2) is 7.70. The SMILES string of the molecule is CC1NNCC1C(=O)N1CCCC(c2nccnc2-c2ccc(F)cc2)C1. The highest BCUT2D eigenvalue weighted by Crippen LogP contribution is 2.32. The van der Waals surface area contributed by atoms with E-state index in [9.17, 15) is 9.18 Å². The summed E-state index contributed by atoms with van der Waals surface area (Å²) < 4.78 is 13.3. The fourth-order valence-corrected chi connectivity index (χ4v) is 4.02. The van der Waals surface area contributed by atoms with Crippen molar-refractivity contribution in [2.75, 3.05) is 19.6 Å². The van der Waals surface area contributed by atoms with Crippen LogP contribution in [0.1, 0.15) is 31.4 Å². The first-order valence-corrected chi connectivity index (χ1v) is 9.47. The zero-order chi connectivity index (χ0) is 18.8.